The molecule has 3 unspecified atom stereocenters. The maximum Gasteiger partial charge on any atom is 0.242 e. The van der Waals surface area contributed by atoms with Crippen LogP contribution in [-0.2, 0) is 16.1 Å². The van der Waals surface area contributed by atoms with Gasteiger partial charge in [0.05, 0.1) is 5.92 Å². The van der Waals surface area contributed by atoms with Crippen molar-refractivity contribution in [1.29, 1.82) is 0 Å². The zero-order valence-corrected chi connectivity index (χ0v) is 17.0. The fourth-order valence-electron chi connectivity index (χ4n) is 4.30. The molecular weight excluding hydrogens is 378 g/mol. The highest BCUT2D eigenvalue weighted by molar-refractivity contribution is 5.95. The molecule has 158 valence electrons. The van der Waals surface area contributed by atoms with Crippen molar-refractivity contribution in [3.8, 4) is 0 Å². The predicted molar refractivity (Wildman–Crippen MR) is 116 cm³/mol. The topological polar surface area (TPSA) is 99.5 Å². The number of hydrogen-bond acceptors (Lipinski definition) is 5. The Kier molecular flexibility index (Phi) is 6.42. The number of likely N-dealkylation sites (tertiary alicyclic amines) is 1. The van der Waals surface area contributed by atoms with E-state index in [1.54, 1.807) is 0 Å². The average molecular weight is 408 g/mol. The van der Waals surface area contributed by atoms with E-state index >= 15 is 0 Å². The van der Waals surface area contributed by atoms with Gasteiger partial charge in [0.25, 0.3) is 0 Å². The number of anilines is 1. The Balaban J connectivity index is 1.38. The number of nitrogens with zero attached hydrogens (tertiary/aromatic N) is 1. The fraction of sp³-hybridized carbons (Fsp3) is 0.391. The second-order valence-electron chi connectivity index (χ2n) is 8.16. The first-order valence-electron chi connectivity index (χ1n) is 10.6. The molecule has 2 heterocycles. The third-order valence-electron chi connectivity index (χ3n) is 6.00. The minimum Gasteiger partial charge on any atom is -0.369 e. The second-order valence-corrected chi connectivity index (χ2v) is 8.16. The molecule has 0 spiro atoms. The summed E-state index contributed by atoms with van der Waals surface area (Å²) < 4.78 is 0. The van der Waals surface area contributed by atoms with Crippen LogP contribution < -0.4 is 21.9 Å². The van der Waals surface area contributed by atoms with Gasteiger partial charge in [-0.25, -0.2) is 10.9 Å². The van der Waals surface area contributed by atoms with Gasteiger partial charge >= 0.3 is 0 Å². The summed E-state index contributed by atoms with van der Waals surface area (Å²) in [5.74, 6) is -0.375. The maximum absolute atomic E-state index is 12.9. The first-order chi connectivity index (χ1) is 14.6. The molecule has 0 aromatic heterocycles. The molecule has 2 amide bonds. The van der Waals surface area contributed by atoms with Crippen LogP contribution in [0.1, 0.15) is 36.4 Å². The number of nitrogens with one attached hydrogen (secondary N) is 3. The van der Waals surface area contributed by atoms with E-state index in [1.807, 2.05) is 42.5 Å². The highest BCUT2D eigenvalue weighted by Gasteiger charge is 2.30. The summed E-state index contributed by atoms with van der Waals surface area (Å²) in [6, 6.07) is 17.8. The van der Waals surface area contributed by atoms with Crippen LogP contribution in [0.15, 0.2) is 54.6 Å². The number of piperidine rings is 1. The summed E-state index contributed by atoms with van der Waals surface area (Å²) in [5, 5.41) is 3.09. The van der Waals surface area contributed by atoms with Crippen molar-refractivity contribution in [1.82, 2.24) is 15.8 Å². The van der Waals surface area contributed by atoms with E-state index in [4.69, 9.17) is 5.73 Å². The molecule has 5 N–H and O–H groups in total. The molecule has 2 aromatic rings. The van der Waals surface area contributed by atoms with Gasteiger partial charge in [0.15, 0.2) is 0 Å². The number of nitrogens with two attached hydrogens (primary N) is 1. The molecule has 0 radical (unpaired) electrons. The molecule has 3 atom stereocenters. The third-order valence-corrected chi connectivity index (χ3v) is 6.00. The Hall–Kier alpha value is -2.74. The molecule has 2 saturated heterocycles. The molecule has 4 rings (SSSR count). The Labute approximate surface area is 177 Å². The molecular formula is C23H29N5O2. The van der Waals surface area contributed by atoms with Gasteiger partial charge in [0.1, 0.15) is 6.04 Å². The third kappa shape index (κ3) is 4.87. The lowest BCUT2D eigenvalue weighted by atomic mass is 9.97. The van der Waals surface area contributed by atoms with Gasteiger partial charge < -0.3 is 11.1 Å². The molecule has 30 heavy (non-hydrogen) atoms. The molecule has 7 nitrogen and oxygen atoms in total. The fourth-order valence-corrected chi connectivity index (χ4v) is 4.30. The first kappa shape index (κ1) is 20.5. The minimum atomic E-state index is -0.308. The predicted octanol–water partition coefficient (Wildman–Crippen LogP) is 1.93. The van der Waals surface area contributed by atoms with Crippen molar-refractivity contribution in [2.75, 3.05) is 18.4 Å². The smallest absolute Gasteiger partial charge is 0.242 e. The Morgan fingerprint density at radius 3 is 2.63 bits per heavy atom. The quantitative estimate of drug-likeness (QED) is 0.586. The van der Waals surface area contributed by atoms with Crippen LogP contribution in [0.25, 0.3) is 0 Å². The average Bonchev–Trinajstić information content (AvgIpc) is 3.26. The highest BCUT2D eigenvalue weighted by Crippen LogP contribution is 2.25. The number of rotatable bonds is 6. The molecule has 0 saturated carbocycles. The number of carbonyl (C=O) groups is 2. The lowest BCUT2D eigenvalue weighted by Gasteiger charge is -2.31. The number of benzene rings is 2. The van der Waals surface area contributed by atoms with Crippen molar-refractivity contribution >= 4 is 17.5 Å². The minimum absolute atomic E-state index is 0.0537. The zero-order chi connectivity index (χ0) is 20.9. The summed E-state index contributed by atoms with van der Waals surface area (Å²) in [6.07, 6.45) is 2.50. The van der Waals surface area contributed by atoms with Crippen LogP contribution in [0.5, 0.6) is 0 Å². The van der Waals surface area contributed by atoms with Crippen molar-refractivity contribution < 1.29 is 9.59 Å². The SMILES string of the molecule is NC(=O)C1CCCN(Cc2ccccc2NC(=O)C2CC(c3ccccc3)NN2)C1. The number of para-hydroxylation sites is 1. The normalized spacial score (nSPS) is 24.5. The van der Waals surface area contributed by atoms with E-state index in [0.29, 0.717) is 19.5 Å². The Morgan fingerprint density at radius 1 is 1.07 bits per heavy atom. The summed E-state index contributed by atoms with van der Waals surface area (Å²) in [5.41, 5.74) is 14.9. The molecule has 0 aliphatic carbocycles. The lowest BCUT2D eigenvalue weighted by molar-refractivity contribution is -0.123. The summed E-state index contributed by atoms with van der Waals surface area (Å²) in [4.78, 5) is 26.7. The molecule has 7 heteroatoms. The number of amides is 2. The number of hydrogen-bond donors (Lipinski definition) is 4. The van der Waals surface area contributed by atoms with Crippen LogP contribution >= 0.6 is 0 Å². The second kappa shape index (κ2) is 9.38. The summed E-state index contributed by atoms with van der Waals surface area (Å²) >= 11 is 0. The highest BCUT2D eigenvalue weighted by atomic mass is 16.2. The standard InChI is InChI=1S/C23H29N5O2/c24-22(29)18-10-6-12-28(15-18)14-17-9-4-5-11-19(17)25-23(30)21-13-20(26-27-21)16-7-2-1-3-8-16/h1-5,7-9,11,18,20-21,26-27H,6,10,12-15H2,(H2,24,29)(H,25,30). The van der Waals surface area contributed by atoms with Gasteiger partial charge in [-0.15, -0.1) is 0 Å². The van der Waals surface area contributed by atoms with Gasteiger partial charge in [-0.1, -0.05) is 48.5 Å². The van der Waals surface area contributed by atoms with E-state index in [2.05, 4.69) is 33.2 Å². The van der Waals surface area contributed by atoms with Gasteiger partial charge in [-0.3, -0.25) is 14.5 Å². The number of hydrazine groups is 1. The largest absolute Gasteiger partial charge is 0.369 e. The van der Waals surface area contributed by atoms with E-state index in [9.17, 15) is 9.59 Å². The monoisotopic (exact) mass is 407 g/mol. The molecule has 0 bridgehead atoms. The van der Waals surface area contributed by atoms with Crippen molar-refractivity contribution in [3.05, 3.63) is 65.7 Å². The van der Waals surface area contributed by atoms with Crippen LogP contribution in [0, 0.1) is 5.92 Å². The first-order valence-corrected chi connectivity index (χ1v) is 10.6. The van der Waals surface area contributed by atoms with E-state index in [0.717, 1.165) is 36.2 Å². The van der Waals surface area contributed by atoms with E-state index < -0.39 is 0 Å². The lowest BCUT2D eigenvalue weighted by Crippen LogP contribution is -2.41. The van der Waals surface area contributed by atoms with Gasteiger partial charge in [0.2, 0.25) is 11.8 Å². The zero-order valence-electron chi connectivity index (χ0n) is 17.0. The molecule has 2 aliphatic rings. The Bertz CT molecular complexity index is 888. The van der Waals surface area contributed by atoms with Crippen molar-refractivity contribution in [3.63, 3.8) is 0 Å². The van der Waals surface area contributed by atoms with E-state index in [1.165, 1.54) is 0 Å². The molecule has 2 fully saturated rings. The Morgan fingerprint density at radius 2 is 1.83 bits per heavy atom. The van der Waals surface area contributed by atoms with E-state index in [-0.39, 0.29) is 29.8 Å². The molecule has 2 aromatic carbocycles. The van der Waals surface area contributed by atoms with Gasteiger partial charge in [0, 0.05) is 24.8 Å². The summed E-state index contributed by atoms with van der Waals surface area (Å²) in [7, 11) is 0. The van der Waals surface area contributed by atoms with Crippen LogP contribution in [-0.4, -0.2) is 35.8 Å². The maximum atomic E-state index is 12.9. The summed E-state index contributed by atoms with van der Waals surface area (Å²) in [6.45, 7) is 2.28. The number of carbonyl (C=O) groups excluding carboxylic acids is 2. The van der Waals surface area contributed by atoms with Gasteiger partial charge in [-0.05, 0) is 43.0 Å². The van der Waals surface area contributed by atoms with Gasteiger partial charge in [-0.2, -0.15) is 0 Å². The van der Waals surface area contributed by atoms with Crippen LogP contribution in [0.4, 0.5) is 5.69 Å². The van der Waals surface area contributed by atoms with Crippen molar-refractivity contribution in [2.24, 2.45) is 11.7 Å². The van der Waals surface area contributed by atoms with Crippen molar-refractivity contribution in [2.45, 2.75) is 37.9 Å². The molecule has 2 aliphatic heterocycles. The number of primary amides is 1. The van der Waals surface area contributed by atoms with Crippen LogP contribution in [0.2, 0.25) is 0 Å². The van der Waals surface area contributed by atoms with Crippen LogP contribution in [0.3, 0.4) is 0 Å².